The number of hydrogen-bond acceptors (Lipinski definition) is 6. The zero-order valence-electron chi connectivity index (χ0n) is 16.6. The summed E-state index contributed by atoms with van der Waals surface area (Å²) in [4.78, 5) is 24.3. The molecule has 0 aromatic carbocycles. The van der Waals surface area contributed by atoms with E-state index in [1.54, 1.807) is 0 Å². The van der Waals surface area contributed by atoms with Gasteiger partial charge in [0.25, 0.3) is 0 Å². The molecule has 0 spiro atoms. The van der Waals surface area contributed by atoms with Gasteiger partial charge in [-0.3, -0.25) is 4.79 Å². The molecule has 7 unspecified atom stereocenters. The molecular formula is C21H30O6. The highest BCUT2D eigenvalue weighted by Gasteiger charge is 2.59. The van der Waals surface area contributed by atoms with E-state index in [9.17, 15) is 14.7 Å². The summed E-state index contributed by atoms with van der Waals surface area (Å²) < 4.78 is 17.5. The van der Waals surface area contributed by atoms with Crippen LogP contribution < -0.4 is 0 Å². The molecule has 27 heavy (non-hydrogen) atoms. The third-order valence-electron chi connectivity index (χ3n) is 7.07. The molecule has 6 nitrogen and oxygen atoms in total. The number of aliphatic hydroxyl groups is 1. The summed E-state index contributed by atoms with van der Waals surface area (Å²) in [5.41, 5.74) is 1.64. The lowest BCUT2D eigenvalue weighted by Gasteiger charge is -2.44. The summed E-state index contributed by atoms with van der Waals surface area (Å²) in [7, 11) is 0. The summed E-state index contributed by atoms with van der Waals surface area (Å²) in [5.74, 6) is -3.03. The monoisotopic (exact) mass is 378 g/mol. The van der Waals surface area contributed by atoms with E-state index in [4.69, 9.17) is 14.2 Å². The summed E-state index contributed by atoms with van der Waals surface area (Å²) in [6, 6.07) is 0. The number of fused-ring (bicyclic) bond motifs is 2. The van der Waals surface area contributed by atoms with Gasteiger partial charge < -0.3 is 19.3 Å². The molecule has 0 bridgehead atoms. The molecule has 6 heteroatoms. The van der Waals surface area contributed by atoms with Crippen LogP contribution in [0.25, 0.3) is 0 Å². The zero-order valence-corrected chi connectivity index (χ0v) is 16.6. The van der Waals surface area contributed by atoms with Crippen LogP contribution >= 0.6 is 0 Å². The van der Waals surface area contributed by atoms with Crippen molar-refractivity contribution in [2.45, 2.75) is 71.4 Å². The highest BCUT2D eigenvalue weighted by molar-refractivity contribution is 5.92. The maximum atomic E-state index is 12.2. The minimum Gasteiger partial charge on any atom is -0.433 e. The van der Waals surface area contributed by atoms with Crippen molar-refractivity contribution in [1.29, 1.82) is 0 Å². The zero-order chi connectivity index (χ0) is 19.6. The van der Waals surface area contributed by atoms with Crippen LogP contribution in [0.15, 0.2) is 11.1 Å². The molecule has 2 aliphatic carbocycles. The molecule has 0 amide bonds. The highest BCUT2D eigenvalue weighted by atomic mass is 16.7. The number of hydrogen-bond donors (Lipinski definition) is 1. The van der Waals surface area contributed by atoms with E-state index in [0.717, 1.165) is 24.8 Å². The molecule has 1 saturated heterocycles. The Morgan fingerprint density at radius 2 is 1.89 bits per heavy atom. The normalized spacial score (nSPS) is 46.8. The van der Waals surface area contributed by atoms with Crippen molar-refractivity contribution < 1.29 is 28.9 Å². The summed E-state index contributed by atoms with van der Waals surface area (Å²) in [6.07, 6.45) is 3.81. The van der Waals surface area contributed by atoms with E-state index < -0.39 is 11.6 Å². The maximum Gasteiger partial charge on any atom is 0.336 e. The SMILES string of the molecule is CC1=C2CCC(C)CC2(OCC2CC(C)CC3(O)OC(=O)C(C)C23)OC1=O. The van der Waals surface area contributed by atoms with Crippen molar-refractivity contribution in [3.05, 3.63) is 11.1 Å². The Bertz CT molecular complexity index is 699. The first-order valence-electron chi connectivity index (χ1n) is 10.2. The van der Waals surface area contributed by atoms with Crippen molar-refractivity contribution in [3.63, 3.8) is 0 Å². The van der Waals surface area contributed by atoms with E-state index in [1.807, 2.05) is 13.8 Å². The fraction of sp³-hybridized carbons (Fsp3) is 0.810. The van der Waals surface area contributed by atoms with Gasteiger partial charge in [-0.1, -0.05) is 20.8 Å². The molecule has 2 heterocycles. The van der Waals surface area contributed by atoms with E-state index in [2.05, 4.69) is 13.8 Å². The Labute approximate surface area is 160 Å². The average molecular weight is 378 g/mol. The molecule has 4 rings (SSSR count). The van der Waals surface area contributed by atoms with Gasteiger partial charge in [0.2, 0.25) is 11.6 Å². The minimum atomic E-state index is -1.40. The summed E-state index contributed by atoms with van der Waals surface area (Å²) in [6.45, 7) is 8.18. The average Bonchev–Trinajstić information content (AvgIpc) is 2.95. The second-order valence-electron chi connectivity index (χ2n) is 9.29. The van der Waals surface area contributed by atoms with Crippen LogP contribution in [0, 0.1) is 29.6 Å². The van der Waals surface area contributed by atoms with E-state index >= 15 is 0 Å². The molecule has 0 aromatic heterocycles. The number of esters is 2. The Morgan fingerprint density at radius 3 is 2.63 bits per heavy atom. The quantitative estimate of drug-likeness (QED) is 0.761. The van der Waals surface area contributed by atoms with Crippen LogP contribution in [-0.2, 0) is 23.8 Å². The Balaban J connectivity index is 1.57. The van der Waals surface area contributed by atoms with Crippen molar-refractivity contribution >= 4 is 11.9 Å². The summed E-state index contributed by atoms with van der Waals surface area (Å²) >= 11 is 0. The predicted octanol–water partition coefficient (Wildman–Crippen LogP) is 2.94. The third kappa shape index (κ3) is 2.92. The van der Waals surface area contributed by atoms with E-state index in [1.165, 1.54) is 0 Å². The molecule has 7 atom stereocenters. The molecule has 4 aliphatic rings. The molecule has 3 fully saturated rings. The second kappa shape index (κ2) is 6.31. The predicted molar refractivity (Wildman–Crippen MR) is 96.1 cm³/mol. The fourth-order valence-corrected chi connectivity index (χ4v) is 5.85. The van der Waals surface area contributed by atoms with Gasteiger partial charge in [0.15, 0.2) is 0 Å². The molecule has 150 valence electrons. The van der Waals surface area contributed by atoms with Gasteiger partial charge >= 0.3 is 11.9 Å². The van der Waals surface area contributed by atoms with Gasteiger partial charge in [-0.15, -0.1) is 0 Å². The second-order valence-corrected chi connectivity index (χ2v) is 9.29. The van der Waals surface area contributed by atoms with Crippen LogP contribution in [0.3, 0.4) is 0 Å². The van der Waals surface area contributed by atoms with Crippen LogP contribution in [0.2, 0.25) is 0 Å². The highest BCUT2D eigenvalue weighted by Crippen LogP contribution is 2.52. The van der Waals surface area contributed by atoms with Crippen LogP contribution in [0.5, 0.6) is 0 Å². The molecule has 0 radical (unpaired) electrons. The van der Waals surface area contributed by atoms with E-state index in [-0.39, 0.29) is 35.6 Å². The number of carbonyl (C=O) groups excluding carboxylic acids is 2. The lowest BCUT2D eigenvalue weighted by atomic mass is 9.67. The largest absolute Gasteiger partial charge is 0.433 e. The number of rotatable bonds is 3. The van der Waals surface area contributed by atoms with Gasteiger partial charge in [-0.25, -0.2) is 4.79 Å². The third-order valence-corrected chi connectivity index (χ3v) is 7.07. The van der Waals surface area contributed by atoms with Crippen molar-refractivity contribution in [1.82, 2.24) is 0 Å². The van der Waals surface area contributed by atoms with Gasteiger partial charge in [0.1, 0.15) is 0 Å². The molecular weight excluding hydrogens is 348 g/mol. The van der Waals surface area contributed by atoms with Crippen molar-refractivity contribution in [2.24, 2.45) is 29.6 Å². The Morgan fingerprint density at radius 1 is 1.15 bits per heavy atom. The molecule has 2 aliphatic heterocycles. The van der Waals surface area contributed by atoms with Crippen molar-refractivity contribution in [2.75, 3.05) is 6.61 Å². The van der Waals surface area contributed by atoms with Gasteiger partial charge in [-0.05, 0) is 43.9 Å². The van der Waals surface area contributed by atoms with Gasteiger partial charge in [0, 0.05) is 29.9 Å². The van der Waals surface area contributed by atoms with Crippen LogP contribution in [0.4, 0.5) is 0 Å². The standard InChI is InChI=1S/C21H30O6/c1-11-5-6-16-13(3)18(22)27-21(16,9-11)25-10-15-7-12(2)8-20(24)17(15)14(4)19(23)26-20/h11-12,14-15,17,24H,5-10H2,1-4H3. The lowest BCUT2D eigenvalue weighted by molar-refractivity contribution is -0.250. The maximum absolute atomic E-state index is 12.2. The van der Waals surface area contributed by atoms with E-state index in [0.29, 0.717) is 30.9 Å². The number of carbonyl (C=O) groups is 2. The molecule has 1 N–H and O–H groups in total. The first-order valence-corrected chi connectivity index (χ1v) is 10.2. The first kappa shape index (κ1) is 18.9. The Kier molecular flexibility index (Phi) is 4.43. The van der Waals surface area contributed by atoms with Gasteiger partial charge in [0.05, 0.1) is 12.5 Å². The first-order chi connectivity index (χ1) is 12.7. The summed E-state index contributed by atoms with van der Waals surface area (Å²) in [5, 5.41) is 10.9. The van der Waals surface area contributed by atoms with Crippen LogP contribution in [0.1, 0.15) is 59.8 Å². The van der Waals surface area contributed by atoms with Crippen LogP contribution in [-0.4, -0.2) is 35.2 Å². The fourth-order valence-electron chi connectivity index (χ4n) is 5.85. The topological polar surface area (TPSA) is 82.1 Å². The minimum absolute atomic E-state index is 0.0207. The lowest BCUT2D eigenvalue weighted by Crippen LogP contribution is -2.49. The smallest absolute Gasteiger partial charge is 0.336 e. The molecule has 0 aromatic rings. The number of ether oxygens (including phenoxy) is 3. The molecule has 2 saturated carbocycles. The Hall–Kier alpha value is -1.40. The van der Waals surface area contributed by atoms with Gasteiger partial charge in [-0.2, -0.15) is 0 Å². The van der Waals surface area contributed by atoms with Crippen molar-refractivity contribution in [3.8, 4) is 0 Å².